The second kappa shape index (κ2) is 5.47. The van der Waals surface area contributed by atoms with E-state index in [0.29, 0.717) is 5.57 Å². The van der Waals surface area contributed by atoms with Gasteiger partial charge in [-0.25, -0.2) is 0 Å². The third-order valence-corrected chi connectivity index (χ3v) is 2.13. The Morgan fingerprint density at radius 2 is 1.60 bits per heavy atom. The third kappa shape index (κ3) is 3.18. The molecule has 0 radical (unpaired) electrons. The van der Waals surface area contributed by atoms with Crippen LogP contribution in [0.3, 0.4) is 0 Å². The van der Waals surface area contributed by atoms with E-state index < -0.39 is 0 Å². The SMILES string of the molecule is N#CC(C#N)=C/C(C#N)=C/N1CCCC1. The van der Waals surface area contributed by atoms with Crippen molar-refractivity contribution in [3.63, 3.8) is 0 Å². The van der Waals surface area contributed by atoms with Crippen LogP contribution in [0.2, 0.25) is 0 Å². The molecule has 0 aromatic carbocycles. The van der Waals surface area contributed by atoms with Crippen LogP contribution < -0.4 is 0 Å². The van der Waals surface area contributed by atoms with E-state index in [0.717, 1.165) is 25.9 Å². The smallest absolute Gasteiger partial charge is 0.131 e. The number of allylic oxidation sites excluding steroid dienone is 3. The van der Waals surface area contributed by atoms with Crippen LogP contribution in [0.25, 0.3) is 0 Å². The maximum Gasteiger partial charge on any atom is 0.131 e. The van der Waals surface area contributed by atoms with Crippen LogP contribution in [0.4, 0.5) is 0 Å². The molecule has 0 spiro atoms. The van der Waals surface area contributed by atoms with E-state index in [2.05, 4.69) is 0 Å². The predicted octanol–water partition coefficient (Wildman–Crippen LogP) is 1.46. The average Bonchev–Trinajstić information content (AvgIpc) is 2.76. The van der Waals surface area contributed by atoms with E-state index in [1.807, 2.05) is 11.0 Å². The van der Waals surface area contributed by atoms with Crippen molar-refractivity contribution in [2.24, 2.45) is 0 Å². The fraction of sp³-hybridized carbons (Fsp3) is 0.364. The van der Waals surface area contributed by atoms with Crippen molar-refractivity contribution in [1.29, 1.82) is 15.8 Å². The number of hydrogen-bond acceptors (Lipinski definition) is 4. The van der Waals surface area contributed by atoms with Gasteiger partial charge in [-0.15, -0.1) is 0 Å². The fourth-order valence-electron chi connectivity index (χ4n) is 1.41. The monoisotopic (exact) mass is 198 g/mol. The highest BCUT2D eigenvalue weighted by Gasteiger charge is 2.08. The Hall–Kier alpha value is -2.25. The van der Waals surface area contributed by atoms with Crippen molar-refractivity contribution in [3.05, 3.63) is 23.4 Å². The lowest BCUT2D eigenvalue weighted by molar-refractivity contribution is 0.466. The first kappa shape index (κ1) is 10.8. The molecule has 1 aliphatic rings. The van der Waals surface area contributed by atoms with E-state index in [4.69, 9.17) is 15.8 Å². The molecule has 0 bridgehead atoms. The summed E-state index contributed by atoms with van der Waals surface area (Å²) in [6.45, 7) is 1.88. The summed E-state index contributed by atoms with van der Waals surface area (Å²) in [5.74, 6) is 0. The molecule has 4 nitrogen and oxygen atoms in total. The molecule has 0 unspecified atom stereocenters. The highest BCUT2D eigenvalue weighted by atomic mass is 15.1. The summed E-state index contributed by atoms with van der Waals surface area (Å²) in [6.07, 6.45) is 5.28. The van der Waals surface area contributed by atoms with Gasteiger partial charge in [-0.2, -0.15) is 15.8 Å². The number of nitrogens with zero attached hydrogens (tertiary/aromatic N) is 4. The van der Waals surface area contributed by atoms with Crippen LogP contribution in [0, 0.1) is 34.0 Å². The Bertz CT molecular complexity index is 389. The van der Waals surface area contributed by atoms with Gasteiger partial charge in [0.2, 0.25) is 0 Å². The zero-order valence-corrected chi connectivity index (χ0v) is 8.27. The average molecular weight is 198 g/mol. The summed E-state index contributed by atoms with van der Waals surface area (Å²) in [7, 11) is 0. The molecule has 15 heavy (non-hydrogen) atoms. The highest BCUT2D eigenvalue weighted by Crippen LogP contribution is 2.10. The molecule has 4 heteroatoms. The van der Waals surface area contributed by atoms with E-state index in [1.165, 1.54) is 6.08 Å². The first-order valence-electron chi connectivity index (χ1n) is 4.68. The van der Waals surface area contributed by atoms with Crippen LogP contribution in [-0.4, -0.2) is 18.0 Å². The van der Waals surface area contributed by atoms with Crippen LogP contribution in [0.15, 0.2) is 23.4 Å². The molecule has 1 heterocycles. The van der Waals surface area contributed by atoms with Gasteiger partial charge >= 0.3 is 0 Å². The van der Waals surface area contributed by atoms with Crippen LogP contribution in [0.1, 0.15) is 12.8 Å². The lowest BCUT2D eigenvalue weighted by Crippen LogP contribution is -2.11. The van der Waals surface area contributed by atoms with Gasteiger partial charge in [-0.05, 0) is 18.9 Å². The summed E-state index contributed by atoms with van der Waals surface area (Å²) >= 11 is 0. The van der Waals surface area contributed by atoms with E-state index >= 15 is 0 Å². The minimum absolute atomic E-state index is 0.0398. The summed E-state index contributed by atoms with van der Waals surface area (Å²) in [4.78, 5) is 2.03. The molecular formula is C11H10N4. The quantitative estimate of drug-likeness (QED) is 0.497. The lowest BCUT2D eigenvalue weighted by Gasteiger charge is -2.10. The Morgan fingerprint density at radius 3 is 2.07 bits per heavy atom. The van der Waals surface area contributed by atoms with Crippen molar-refractivity contribution >= 4 is 0 Å². The zero-order chi connectivity index (χ0) is 11.1. The van der Waals surface area contributed by atoms with Crippen LogP contribution >= 0.6 is 0 Å². The van der Waals surface area contributed by atoms with E-state index in [1.54, 1.807) is 18.3 Å². The summed E-state index contributed by atoms with van der Waals surface area (Å²) < 4.78 is 0. The summed E-state index contributed by atoms with van der Waals surface area (Å²) in [5, 5.41) is 25.9. The Kier molecular flexibility index (Phi) is 3.95. The molecule has 1 saturated heterocycles. The Labute approximate surface area is 88.9 Å². The molecule has 0 aromatic heterocycles. The van der Waals surface area contributed by atoms with Gasteiger partial charge < -0.3 is 4.90 Å². The van der Waals surface area contributed by atoms with Gasteiger partial charge in [0.25, 0.3) is 0 Å². The molecule has 0 aliphatic carbocycles. The maximum atomic E-state index is 8.82. The van der Waals surface area contributed by atoms with Crippen molar-refractivity contribution in [3.8, 4) is 18.2 Å². The Balaban J connectivity index is 2.81. The minimum Gasteiger partial charge on any atom is -0.376 e. The number of likely N-dealkylation sites (tertiary alicyclic amines) is 1. The van der Waals surface area contributed by atoms with Crippen molar-refractivity contribution < 1.29 is 0 Å². The molecular weight excluding hydrogens is 188 g/mol. The second-order valence-corrected chi connectivity index (χ2v) is 3.22. The van der Waals surface area contributed by atoms with Gasteiger partial charge in [0, 0.05) is 19.3 Å². The van der Waals surface area contributed by atoms with Crippen molar-refractivity contribution in [1.82, 2.24) is 4.90 Å². The second-order valence-electron chi connectivity index (χ2n) is 3.22. The number of rotatable bonds is 2. The molecule has 0 aromatic rings. The van der Waals surface area contributed by atoms with Crippen LogP contribution in [-0.2, 0) is 0 Å². The first-order chi connectivity index (χ1) is 7.30. The number of hydrogen-bond donors (Lipinski definition) is 0. The van der Waals surface area contributed by atoms with E-state index in [-0.39, 0.29) is 5.57 Å². The molecule has 1 aliphatic heterocycles. The molecule has 74 valence electrons. The largest absolute Gasteiger partial charge is 0.376 e. The minimum atomic E-state index is -0.0398. The normalized spacial score (nSPS) is 15.0. The van der Waals surface area contributed by atoms with Gasteiger partial charge in [-0.3, -0.25) is 0 Å². The van der Waals surface area contributed by atoms with Crippen molar-refractivity contribution in [2.75, 3.05) is 13.1 Å². The standard InChI is InChI=1S/C11H10N4/c12-6-10(7-13)5-11(8-14)9-15-3-1-2-4-15/h5,9H,1-4H2/b11-9-. The maximum absolute atomic E-state index is 8.82. The molecule has 1 fully saturated rings. The van der Waals surface area contributed by atoms with Gasteiger partial charge in [-0.1, -0.05) is 0 Å². The zero-order valence-electron chi connectivity index (χ0n) is 8.27. The van der Waals surface area contributed by atoms with Gasteiger partial charge in [0.15, 0.2) is 0 Å². The molecule has 0 saturated carbocycles. The highest BCUT2D eigenvalue weighted by molar-refractivity contribution is 5.45. The summed E-state index contributed by atoms with van der Waals surface area (Å²) in [5.41, 5.74) is 0.317. The molecule has 1 rings (SSSR count). The van der Waals surface area contributed by atoms with Gasteiger partial charge in [0.05, 0.1) is 5.57 Å². The predicted molar refractivity (Wildman–Crippen MR) is 53.8 cm³/mol. The van der Waals surface area contributed by atoms with E-state index in [9.17, 15) is 0 Å². The third-order valence-electron chi connectivity index (χ3n) is 2.13. The fourth-order valence-corrected chi connectivity index (χ4v) is 1.41. The van der Waals surface area contributed by atoms with Crippen molar-refractivity contribution in [2.45, 2.75) is 12.8 Å². The van der Waals surface area contributed by atoms with Gasteiger partial charge in [0.1, 0.15) is 23.8 Å². The molecule has 0 amide bonds. The lowest BCUT2D eigenvalue weighted by atomic mass is 10.2. The number of nitriles is 3. The Morgan fingerprint density at radius 1 is 1.00 bits per heavy atom. The molecule has 0 atom stereocenters. The first-order valence-corrected chi connectivity index (χ1v) is 4.68. The topological polar surface area (TPSA) is 74.6 Å². The van der Waals surface area contributed by atoms with Crippen LogP contribution in [0.5, 0.6) is 0 Å². The molecule has 0 N–H and O–H groups in total. The summed E-state index contributed by atoms with van der Waals surface area (Å²) in [6, 6.07) is 5.43.